The van der Waals surface area contributed by atoms with E-state index in [4.69, 9.17) is 0 Å². The van der Waals surface area contributed by atoms with Crippen molar-refractivity contribution < 1.29 is 18.0 Å². The van der Waals surface area contributed by atoms with Crippen LogP contribution in [0.1, 0.15) is 17.5 Å². The van der Waals surface area contributed by atoms with E-state index in [1.165, 1.54) is 12.1 Å². The third-order valence-electron chi connectivity index (χ3n) is 6.14. The predicted molar refractivity (Wildman–Crippen MR) is 125 cm³/mol. The first-order chi connectivity index (χ1) is 15.6. The van der Waals surface area contributed by atoms with E-state index in [0.29, 0.717) is 25.0 Å². The first-order valence-corrected chi connectivity index (χ1v) is 11.1. The second-order valence-electron chi connectivity index (χ2n) is 8.98. The largest absolute Gasteiger partial charge is 0.416 e. The molecule has 1 saturated heterocycles. The lowest BCUT2D eigenvalue weighted by Gasteiger charge is -2.40. The van der Waals surface area contributed by atoms with Crippen LogP contribution in [0.5, 0.6) is 0 Å². The first kappa shape index (κ1) is 23.2. The predicted octanol–water partition coefficient (Wildman–Crippen LogP) is 4.46. The fourth-order valence-electron chi connectivity index (χ4n) is 4.23. The molecule has 33 heavy (non-hydrogen) atoms. The summed E-state index contributed by atoms with van der Waals surface area (Å²) < 4.78 is 41.3. The summed E-state index contributed by atoms with van der Waals surface area (Å²) in [7, 11) is 4.02. The third-order valence-corrected chi connectivity index (χ3v) is 6.14. The van der Waals surface area contributed by atoms with Gasteiger partial charge < -0.3 is 19.7 Å². The van der Waals surface area contributed by atoms with Gasteiger partial charge in [0, 0.05) is 42.6 Å². The van der Waals surface area contributed by atoms with Crippen LogP contribution < -0.4 is 10.2 Å². The Balaban J connectivity index is 1.45. The fraction of sp³-hybridized carbons (Fsp3) is 0.400. The van der Waals surface area contributed by atoms with E-state index in [1.54, 1.807) is 0 Å². The number of benzene rings is 2. The summed E-state index contributed by atoms with van der Waals surface area (Å²) in [4.78, 5) is 16.6. The molecule has 8 heteroatoms. The Bertz CT molecular complexity index is 1150. The molecule has 1 aromatic heterocycles. The topological polar surface area (TPSA) is 40.5 Å². The van der Waals surface area contributed by atoms with Gasteiger partial charge in [0.05, 0.1) is 17.0 Å². The molecule has 0 saturated carbocycles. The highest BCUT2D eigenvalue weighted by Gasteiger charge is 2.33. The van der Waals surface area contributed by atoms with E-state index in [1.807, 2.05) is 56.0 Å². The SMILES string of the molecule is Cc1cn(-c2cccc(N3CC(C(=O)NCCCN(C)C)C3)c2)c2ccc(C(F)(F)F)cc12. The Kier molecular flexibility index (Phi) is 6.38. The van der Waals surface area contributed by atoms with Crippen LogP contribution in [0.2, 0.25) is 0 Å². The summed E-state index contributed by atoms with van der Waals surface area (Å²) >= 11 is 0. The number of carbonyl (C=O) groups excluding carboxylic acids is 1. The zero-order valence-electron chi connectivity index (χ0n) is 19.1. The fourth-order valence-corrected chi connectivity index (χ4v) is 4.23. The van der Waals surface area contributed by atoms with Gasteiger partial charge in [0.15, 0.2) is 0 Å². The number of aromatic nitrogens is 1. The van der Waals surface area contributed by atoms with E-state index in [-0.39, 0.29) is 11.8 Å². The number of carbonyl (C=O) groups is 1. The number of aryl methyl sites for hydroxylation is 1. The van der Waals surface area contributed by atoms with Gasteiger partial charge in [-0.15, -0.1) is 0 Å². The van der Waals surface area contributed by atoms with Gasteiger partial charge in [0.2, 0.25) is 5.91 Å². The molecule has 1 aliphatic heterocycles. The molecule has 1 aliphatic rings. The van der Waals surface area contributed by atoms with Crippen LogP contribution >= 0.6 is 0 Å². The van der Waals surface area contributed by atoms with Crippen LogP contribution in [0.3, 0.4) is 0 Å². The summed E-state index contributed by atoms with van der Waals surface area (Å²) in [6.07, 6.45) is -1.58. The van der Waals surface area contributed by atoms with Crippen molar-refractivity contribution in [3.63, 3.8) is 0 Å². The number of hydrogen-bond acceptors (Lipinski definition) is 3. The molecule has 2 heterocycles. The minimum absolute atomic E-state index is 0.0246. The van der Waals surface area contributed by atoms with E-state index in [2.05, 4.69) is 15.1 Å². The minimum Gasteiger partial charge on any atom is -0.370 e. The van der Waals surface area contributed by atoms with Gasteiger partial charge in [0.1, 0.15) is 0 Å². The molecule has 0 aliphatic carbocycles. The maximum atomic E-state index is 13.1. The van der Waals surface area contributed by atoms with Gasteiger partial charge in [-0.1, -0.05) is 6.07 Å². The zero-order chi connectivity index (χ0) is 23.8. The standard InChI is InChI=1S/C25H29F3N4O/c1-17-14-32(23-9-8-19(12-22(17)23)25(26,27)28)21-7-4-6-20(13-21)31-15-18(16-31)24(33)29-10-5-11-30(2)3/h4,6-9,12-14,18H,5,10-11,15-16H2,1-3H3,(H,29,33). The molecule has 0 atom stereocenters. The van der Waals surface area contributed by atoms with Gasteiger partial charge in [-0.2, -0.15) is 13.2 Å². The lowest BCUT2D eigenvalue weighted by atomic mass is 9.98. The summed E-state index contributed by atoms with van der Waals surface area (Å²) in [5.74, 6) is 0.0668. The van der Waals surface area contributed by atoms with E-state index >= 15 is 0 Å². The smallest absolute Gasteiger partial charge is 0.370 e. The highest BCUT2D eigenvalue weighted by molar-refractivity contribution is 5.86. The lowest BCUT2D eigenvalue weighted by molar-refractivity contribution is -0.137. The Morgan fingerprint density at radius 2 is 1.85 bits per heavy atom. The zero-order valence-corrected chi connectivity index (χ0v) is 19.1. The second kappa shape index (κ2) is 9.09. The summed E-state index contributed by atoms with van der Waals surface area (Å²) in [6.45, 7) is 4.75. The summed E-state index contributed by atoms with van der Waals surface area (Å²) in [5.41, 5.74) is 2.75. The van der Waals surface area contributed by atoms with Crippen molar-refractivity contribution in [3.05, 3.63) is 59.8 Å². The first-order valence-electron chi connectivity index (χ1n) is 11.1. The van der Waals surface area contributed by atoms with Gasteiger partial charge >= 0.3 is 6.18 Å². The van der Waals surface area contributed by atoms with Crippen molar-refractivity contribution in [1.29, 1.82) is 0 Å². The number of alkyl halides is 3. The van der Waals surface area contributed by atoms with Crippen molar-refractivity contribution in [2.24, 2.45) is 5.92 Å². The maximum Gasteiger partial charge on any atom is 0.416 e. The monoisotopic (exact) mass is 458 g/mol. The minimum atomic E-state index is -4.37. The number of hydrogen-bond donors (Lipinski definition) is 1. The van der Waals surface area contributed by atoms with Crippen LogP contribution in [0.4, 0.5) is 18.9 Å². The van der Waals surface area contributed by atoms with Crippen molar-refractivity contribution >= 4 is 22.5 Å². The molecule has 0 unspecified atom stereocenters. The molecule has 2 aromatic carbocycles. The number of amides is 1. The number of rotatable bonds is 7. The molecule has 176 valence electrons. The van der Waals surface area contributed by atoms with Gasteiger partial charge in [0.25, 0.3) is 0 Å². The Morgan fingerprint density at radius 1 is 1.12 bits per heavy atom. The molecule has 0 spiro atoms. The number of halogens is 3. The van der Waals surface area contributed by atoms with Crippen molar-refractivity contribution in [3.8, 4) is 5.69 Å². The van der Waals surface area contributed by atoms with Crippen molar-refractivity contribution in [2.75, 3.05) is 45.2 Å². The average Bonchev–Trinajstić information content (AvgIpc) is 3.06. The highest BCUT2D eigenvalue weighted by Crippen LogP contribution is 2.34. The molecule has 1 amide bonds. The van der Waals surface area contributed by atoms with Crippen LogP contribution in [0.15, 0.2) is 48.7 Å². The van der Waals surface area contributed by atoms with Gasteiger partial charge in [-0.05, 0) is 75.9 Å². The lowest BCUT2D eigenvalue weighted by Crippen LogP contribution is -2.54. The molecular formula is C25H29F3N4O. The number of anilines is 1. The van der Waals surface area contributed by atoms with Crippen molar-refractivity contribution in [2.45, 2.75) is 19.5 Å². The maximum absolute atomic E-state index is 13.1. The molecular weight excluding hydrogens is 429 g/mol. The van der Waals surface area contributed by atoms with E-state index in [9.17, 15) is 18.0 Å². The van der Waals surface area contributed by atoms with E-state index < -0.39 is 11.7 Å². The Labute approximate surface area is 191 Å². The average molecular weight is 459 g/mol. The van der Waals surface area contributed by atoms with Crippen LogP contribution in [-0.4, -0.2) is 55.6 Å². The third kappa shape index (κ3) is 5.00. The van der Waals surface area contributed by atoms with Crippen LogP contribution in [0.25, 0.3) is 16.6 Å². The van der Waals surface area contributed by atoms with E-state index in [0.717, 1.165) is 41.5 Å². The second-order valence-corrected chi connectivity index (χ2v) is 8.98. The van der Waals surface area contributed by atoms with Crippen LogP contribution in [0, 0.1) is 12.8 Å². The Morgan fingerprint density at radius 3 is 2.55 bits per heavy atom. The molecule has 4 rings (SSSR count). The molecule has 0 bridgehead atoms. The number of nitrogens with zero attached hydrogens (tertiary/aromatic N) is 3. The number of fused-ring (bicyclic) bond motifs is 1. The molecule has 5 nitrogen and oxygen atoms in total. The summed E-state index contributed by atoms with van der Waals surface area (Å²) in [5, 5.41) is 3.60. The number of nitrogens with one attached hydrogen (secondary N) is 1. The molecule has 0 radical (unpaired) electrons. The van der Waals surface area contributed by atoms with Gasteiger partial charge in [-0.3, -0.25) is 4.79 Å². The quantitative estimate of drug-likeness (QED) is 0.532. The molecule has 3 aromatic rings. The normalized spacial score (nSPS) is 14.7. The highest BCUT2D eigenvalue weighted by atomic mass is 19.4. The van der Waals surface area contributed by atoms with Crippen LogP contribution in [-0.2, 0) is 11.0 Å². The van der Waals surface area contributed by atoms with Gasteiger partial charge in [-0.25, -0.2) is 0 Å². The molecule has 1 N–H and O–H groups in total. The van der Waals surface area contributed by atoms with Crippen molar-refractivity contribution in [1.82, 2.24) is 14.8 Å². The molecule has 1 fully saturated rings. The summed E-state index contributed by atoms with van der Waals surface area (Å²) in [6, 6.07) is 11.7. The Hall–Kier alpha value is -3.00.